The minimum atomic E-state index is -0.969. The summed E-state index contributed by atoms with van der Waals surface area (Å²) in [4.78, 5) is 10.9. The van der Waals surface area contributed by atoms with Crippen LogP contribution in [0.3, 0.4) is 0 Å². The highest BCUT2D eigenvalue weighted by molar-refractivity contribution is 5.85. The van der Waals surface area contributed by atoms with Gasteiger partial charge in [-0.05, 0) is 54.8 Å². The zero-order chi connectivity index (χ0) is 20.8. The summed E-state index contributed by atoms with van der Waals surface area (Å²) in [6.07, 6.45) is 8.59. The second-order valence-electron chi connectivity index (χ2n) is 7.66. The van der Waals surface area contributed by atoms with Gasteiger partial charge in [0.05, 0.1) is 17.4 Å². The number of aliphatic carboxylic acids is 1. The average molecular weight is 402 g/mol. The number of nitrogens with zero attached hydrogens (tertiary/aromatic N) is 2. The van der Waals surface area contributed by atoms with Gasteiger partial charge in [-0.3, -0.25) is 4.68 Å². The fraction of sp³-hybridized carbons (Fsp3) is 0.280. The van der Waals surface area contributed by atoms with Crippen molar-refractivity contribution < 1.29 is 14.6 Å². The molecule has 1 N–H and O–H groups in total. The van der Waals surface area contributed by atoms with Gasteiger partial charge < -0.3 is 9.84 Å². The van der Waals surface area contributed by atoms with Gasteiger partial charge in [0.15, 0.2) is 0 Å². The number of hydrogen-bond donors (Lipinski definition) is 1. The molecule has 0 aliphatic heterocycles. The molecule has 0 atom stereocenters. The van der Waals surface area contributed by atoms with Gasteiger partial charge in [-0.25, -0.2) is 4.79 Å². The minimum Gasteiger partial charge on any atom is -0.489 e. The molecule has 1 aromatic heterocycles. The van der Waals surface area contributed by atoms with E-state index in [1.807, 2.05) is 60.7 Å². The molecule has 0 spiro atoms. The topological polar surface area (TPSA) is 64.3 Å². The Morgan fingerprint density at radius 3 is 2.50 bits per heavy atom. The van der Waals surface area contributed by atoms with Crippen molar-refractivity contribution in [3.05, 3.63) is 78.0 Å². The van der Waals surface area contributed by atoms with Gasteiger partial charge >= 0.3 is 5.97 Å². The molecule has 1 aliphatic rings. The number of ether oxygens (including phenoxy) is 1. The molecule has 5 nitrogen and oxygen atoms in total. The lowest BCUT2D eigenvalue weighted by atomic mass is 9.95. The molecule has 3 aromatic rings. The Kier molecular flexibility index (Phi) is 6.28. The van der Waals surface area contributed by atoms with E-state index in [2.05, 4.69) is 4.68 Å². The number of benzene rings is 2. The summed E-state index contributed by atoms with van der Waals surface area (Å²) in [6, 6.07) is 20.5. The number of carbonyl (C=O) groups is 1. The molecular weight excluding hydrogens is 376 g/mol. The van der Waals surface area contributed by atoms with Crippen LogP contribution in [0.15, 0.2) is 66.7 Å². The van der Waals surface area contributed by atoms with Crippen molar-refractivity contribution in [1.29, 1.82) is 0 Å². The molecule has 0 unspecified atom stereocenters. The summed E-state index contributed by atoms with van der Waals surface area (Å²) >= 11 is 0. The monoisotopic (exact) mass is 402 g/mol. The van der Waals surface area contributed by atoms with Gasteiger partial charge in [-0.2, -0.15) is 5.10 Å². The molecule has 5 heteroatoms. The Morgan fingerprint density at radius 2 is 1.80 bits per heavy atom. The molecule has 0 bridgehead atoms. The smallest absolute Gasteiger partial charge is 0.328 e. The standard InChI is InChI=1S/C25H26N2O3/c28-25(29)16-13-21-17-24(27(26-21)22-9-5-2-6-10-22)20-11-14-23(15-12-20)30-18-19-7-3-1-4-8-19/h1,3-4,7-8,11-17,22H,2,5-6,9-10,18H2,(H,28,29). The predicted molar refractivity (Wildman–Crippen MR) is 117 cm³/mol. The number of carboxylic acid groups (broad SMARTS) is 1. The summed E-state index contributed by atoms with van der Waals surface area (Å²) < 4.78 is 7.98. The van der Waals surface area contributed by atoms with Gasteiger partial charge in [-0.15, -0.1) is 0 Å². The number of hydrogen-bond acceptors (Lipinski definition) is 3. The Bertz CT molecular complexity index is 1000. The second kappa shape index (κ2) is 9.44. The molecule has 1 saturated carbocycles. The first-order valence-corrected chi connectivity index (χ1v) is 10.5. The summed E-state index contributed by atoms with van der Waals surface area (Å²) in [5.41, 5.74) is 3.87. The van der Waals surface area contributed by atoms with Crippen LogP contribution in [0.1, 0.15) is 49.4 Å². The third kappa shape index (κ3) is 4.98. The molecule has 154 valence electrons. The zero-order valence-electron chi connectivity index (χ0n) is 16.9. The van der Waals surface area contributed by atoms with Crippen molar-refractivity contribution in [3.63, 3.8) is 0 Å². The van der Waals surface area contributed by atoms with Crippen molar-refractivity contribution in [2.45, 2.75) is 44.8 Å². The lowest BCUT2D eigenvalue weighted by Crippen LogP contribution is -2.15. The Morgan fingerprint density at radius 1 is 1.07 bits per heavy atom. The van der Waals surface area contributed by atoms with Crippen molar-refractivity contribution >= 4 is 12.0 Å². The van der Waals surface area contributed by atoms with Crippen LogP contribution in [-0.2, 0) is 11.4 Å². The maximum absolute atomic E-state index is 10.9. The van der Waals surface area contributed by atoms with Crippen LogP contribution in [0.2, 0.25) is 0 Å². The number of carboxylic acids is 1. The Balaban J connectivity index is 1.56. The van der Waals surface area contributed by atoms with Crippen LogP contribution in [0.25, 0.3) is 17.3 Å². The quantitative estimate of drug-likeness (QED) is 0.513. The fourth-order valence-electron chi connectivity index (χ4n) is 3.93. The lowest BCUT2D eigenvalue weighted by Gasteiger charge is -2.24. The van der Waals surface area contributed by atoms with Crippen LogP contribution >= 0.6 is 0 Å². The van der Waals surface area contributed by atoms with Crippen LogP contribution in [0.4, 0.5) is 0 Å². The van der Waals surface area contributed by atoms with Gasteiger partial charge in [0.2, 0.25) is 0 Å². The summed E-state index contributed by atoms with van der Waals surface area (Å²) in [6.45, 7) is 0.532. The van der Waals surface area contributed by atoms with E-state index >= 15 is 0 Å². The highest BCUT2D eigenvalue weighted by Gasteiger charge is 2.20. The lowest BCUT2D eigenvalue weighted by molar-refractivity contribution is -0.131. The maximum Gasteiger partial charge on any atom is 0.328 e. The summed E-state index contributed by atoms with van der Waals surface area (Å²) in [5, 5.41) is 13.7. The van der Waals surface area contributed by atoms with E-state index < -0.39 is 5.97 Å². The second-order valence-corrected chi connectivity index (χ2v) is 7.66. The minimum absolute atomic E-state index is 0.356. The van der Waals surface area contributed by atoms with Gasteiger partial charge in [0.1, 0.15) is 12.4 Å². The summed E-state index contributed by atoms with van der Waals surface area (Å²) in [7, 11) is 0. The molecule has 0 saturated heterocycles. The largest absolute Gasteiger partial charge is 0.489 e. The SMILES string of the molecule is O=C(O)C=Cc1cc(-c2ccc(OCc3ccccc3)cc2)n(C2CCCCC2)n1. The first kappa shape index (κ1) is 20.0. The molecule has 1 fully saturated rings. The highest BCUT2D eigenvalue weighted by Crippen LogP contribution is 2.33. The molecule has 1 aliphatic carbocycles. The molecule has 1 heterocycles. The van der Waals surface area contributed by atoms with Crippen molar-refractivity contribution in [3.8, 4) is 17.0 Å². The third-order valence-corrected chi connectivity index (χ3v) is 5.47. The first-order chi connectivity index (χ1) is 14.7. The average Bonchev–Trinajstić information content (AvgIpc) is 3.22. The van der Waals surface area contributed by atoms with Crippen molar-refractivity contribution in [2.75, 3.05) is 0 Å². The van der Waals surface area contributed by atoms with E-state index in [1.165, 1.54) is 19.3 Å². The van der Waals surface area contributed by atoms with Crippen LogP contribution in [0.5, 0.6) is 5.75 Å². The Hall–Kier alpha value is -3.34. The molecule has 4 rings (SSSR count). The number of aromatic nitrogens is 2. The number of rotatable bonds is 7. The normalized spacial score (nSPS) is 14.8. The first-order valence-electron chi connectivity index (χ1n) is 10.5. The van der Waals surface area contributed by atoms with Crippen LogP contribution in [-0.4, -0.2) is 20.9 Å². The van der Waals surface area contributed by atoms with E-state index in [0.29, 0.717) is 18.3 Å². The van der Waals surface area contributed by atoms with E-state index in [9.17, 15) is 4.79 Å². The summed E-state index contributed by atoms with van der Waals surface area (Å²) in [5.74, 6) is -0.152. The molecule has 30 heavy (non-hydrogen) atoms. The van der Waals surface area contributed by atoms with E-state index in [4.69, 9.17) is 14.9 Å². The van der Waals surface area contributed by atoms with Crippen molar-refractivity contribution in [2.24, 2.45) is 0 Å². The predicted octanol–water partition coefficient (Wildman–Crippen LogP) is 5.73. The molecule has 0 amide bonds. The van der Waals surface area contributed by atoms with Crippen molar-refractivity contribution in [1.82, 2.24) is 9.78 Å². The fourth-order valence-corrected chi connectivity index (χ4v) is 3.93. The van der Waals surface area contributed by atoms with Crippen LogP contribution in [0, 0.1) is 0 Å². The van der Waals surface area contributed by atoms with Gasteiger partial charge in [0.25, 0.3) is 0 Å². The van der Waals surface area contributed by atoms with Crippen LogP contribution < -0.4 is 4.74 Å². The highest BCUT2D eigenvalue weighted by atomic mass is 16.5. The maximum atomic E-state index is 10.9. The third-order valence-electron chi connectivity index (χ3n) is 5.47. The van der Waals surface area contributed by atoms with E-state index in [0.717, 1.165) is 41.5 Å². The zero-order valence-corrected chi connectivity index (χ0v) is 16.9. The molecule has 2 aromatic carbocycles. The Labute approximate surface area is 176 Å². The van der Waals surface area contributed by atoms with E-state index in [1.54, 1.807) is 6.08 Å². The van der Waals surface area contributed by atoms with E-state index in [-0.39, 0.29) is 0 Å². The molecular formula is C25H26N2O3. The van der Waals surface area contributed by atoms with Gasteiger partial charge in [-0.1, -0.05) is 49.6 Å². The molecule has 0 radical (unpaired) electrons. The van der Waals surface area contributed by atoms with Gasteiger partial charge in [0, 0.05) is 11.6 Å².